The molecule has 124 valence electrons. The largest absolute Gasteiger partial charge is 0.491 e. The molecule has 3 aromatic rings. The van der Waals surface area contributed by atoms with Crippen LogP contribution in [-0.2, 0) is 4.74 Å². The Morgan fingerprint density at radius 2 is 1.88 bits per heavy atom. The van der Waals surface area contributed by atoms with Crippen LogP contribution in [0, 0.1) is 0 Å². The third-order valence-electron chi connectivity index (χ3n) is 3.41. The number of thiophene rings is 1. The number of carbonyl (C=O) groups excluding carboxylic acids is 1. The second kappa shape index (κ2) is 7.66. The number of halogens is 1. The van der Waals surface area contributed by atoms with Crippen LogP contribution >= 0.6 is 22.9 Å². The number of hydrogen-bond acceptors (Lipinski definition) is 4. The van der Waals surface area contributed by atoms with Crippen LogP contribution in [0.3, 0.4) is 0 Å². The van der Waals surface area contributed by atoms with Crippen LogP contribution in [0.25, 0.3) is 10.1 Å². The number of anilines is 1. The summed E-state index contributed by atoms with van der Waals surface area (Å²) in [4.78, 5) is 13.0. The highest BCUT2D eigenvalue weighted by Gasteiger charge is 2.16. The molecule has 0 fully saturated rings. The highest BCUT2D eigenvalue weighted by molar-refractivity contribution is 7.21. The van der Waals surface area contributed by atoms with Crippen LogP contribution in [0.15, 0.2) is 48.5 Å². The molecule has 1 N–H and O–H groups in total. The quantitative estimate of drug-likeness (QED) is 0.639. The Balaban J connectivity index is 1.70. The Hall–Kier alpha value is -2.08. The maximum absolute atomic E-state index is 12.5. The molecule has 0 spiro atoms. The van der Waals surface area contributed by atoms with Gasteiger partial charge in [-0.2, -0.15) is 0 Å². The smallest absolute Gasteiger partial charge is 0.267 e. The lowest BCUT2D eigenvalue weighted by atomic mass is 10.2. The van der Waals surface area contributed by atoms with Crippen molar-refractivity contribution < 1.29 is 14.3 Å². The third kappa shape index (κ3) is 3.70. The SMILES string of the molecule is COCCOc1ccc(NC(=O)c2sc3ccccc3c2Cl)cc1. The molecular formula is C18H16ClNO3S. The molecule has 24 heavy (non-hydrogen) atoms. The zero-order valence-corrected chi connectivity index (χ0v) is 14.6. The highest BCUT2D eigenvalue weighted by atomic mass is 35.5. The third-order valence-corrected chi connectivity index (χ3v) is 5.08. The average Bonchev–Trinajstić information content (AvgIpc) is 2.94. The summed E-state index contributed by atoms with van der Waals surface area (Å²) in [5.74, 6) is 0.513. The Bertz CT molecular complexity index is 845. The Morgan fingerprint density at radius 3 is 2.58 bits per heavy atom. The summed E-state index contributed by atoms with van der Waals surface area (Å²) >= 11 is 7.72. The van der Waals surface area contributed by atoms with Gasteiger partial charge in [0.1, 0.15) is 17.2 Å². The predicted molar refractivity (Wildman–Crippen MR) is 98.6 cm³/mol. The van der Waals surface area contributed by atoms with Gasteiger partial charge in [-0.25, -0.2) is 0 Å². The number of methoxy groups -OCH3 is 1. The van der Waals surface area contributed by atoms with Gasteiger partial charge in [0.25, 0.3) is 5.91 Å². The van der Waals surface area contributed by atoms with Crippen molar-refractivity contribution in [2.45, 2.75) is 0 Å². The van der Waals surface area contributed by atoms with Gasteiger partial charge in [0.15, 0.2) is 0 Å². The maximum Gasteiger partial charge on any atom is 0.267 e. The number of carbonyl (C=O) groups is 1. The van der Waals surface area contributed by atoms with E-state index in [1.807, 2.05) is 24.3 Å². The minimum atomic E-state index is -0.214. The van der Waals surface area contributed by atoms with Crippen molar-refractivity contribution in [2.24, 2.45) is 0 Å². The molecule has 1 heterocycles. The molecule has 0 aliphatic carbocycles. The summed E-state index contributed by atoms with van der Waals surface area (Å²) < 4.78 is 11.4. The van der Waals surface area contributed by atoms with Gasteiger partial charge in [0, 0.05) is 22.9 Å². The molecule has 4 nitrogen and oxygen atoms in total. The van der Waals surface area contributed by atoms with Crippen molar-refractivity contribution in [3.05, 3.63) is 58.4 Å². The van der Waals surface area contributed by atoms with Gasteiger partial charge in [-0.15, -0.1) is 11.3 Å². The fraction of sp³-hybridized carbons (Fsp3) is 0.167. The standard InChI is InChI=1S/C18H16ClNO3S/c1-22-10-11-23-13-8-6-12(7-9-13)20-18(21)17-16(19)14-4-2-3-5-15(14)24-17/h2-9H,10-11H2,1H3,(H,20,21). The van der Waals surface area contributed by atoms with Gasteiger partial charge in [0.05, 0.1) is 11.6 Å². The monoisotopic (exact) mass is 361 g/mol. The van der Waals surface area contributed by atoms with Crippen LogP contribution in [0.4, 0.5) is 5.69 Å². The number of fused-ring (bicyclic) bond motifs is 1. The minimum Gasteiger partial charge on any atom is -0.491 e. The zero-order valence-electron chi connectivity index (χ0n) is 13.0. The number of ether oxygens (including phenoxy) is 2. The molecule has 6 heteroatoms. The number of benzene rings is 2. The summed E-state index contributed by atoms with van der Waals surface area (Å²) in [7, 11) is 1.63. The van der Waals surface area contributed by atoms with Crippen molar-refractivity contribution in [3.63, 3.8) is 0 Å². The van der Waals surface area contributed by atoms with E-state index in [0.717, 1.165) is 15.8 Å². The van der Waals surface area contributed by atoms with E-state index in [1.165, 1.54) is 11.3 Å². The van der Waals surface area contributed by atoms with Crippen LogP contribution in [-0.4, -0.2) is 26.2 Å². The van der Waals surface area contributed by atoms with E-state index >= 15 is 0 Å². The summed E-state index contributed by atoms with van der Waals surface area (Å²) in [5, 5.41) is 4.25. The first-order valence-electron chi connectivity index (χ1n) is 7.39. The first-order valence-corrected chi connectivity index (χ1v) is 8.58. The molecule has 1 amide bonds. The summed E-state index contributed by atoms with van der Waals surface area (Å²) in [6.07, 6.45) is 0. The molecular weight excluding hydrogens is 346 g/mol. The van der Waals surface area contributed by atoms with E-state index in [-0.39, 0.29) is 5.91 Å². The second-order valence-electron chi connectivity index (χ2n) is 5.06. The van der Waals surface area contributed by atoms with Crippen molar-refractivity contribution in [1.29, 1.82) is 0 Å². The molecule has 0 saturated heterocycles. The van der Waals surface area contributed by atoms with Gasteiger partial charge in [-0.3, -0.25) is 4.79 Å². The lowest BCUT2D eigenvalue weighted by Crippen LogP contribution is -2.10. The fourth-order valence-corrected chi connectivity index (χ4v) is 3.64. The van der Waals surface area contributed by atoms with Crippen molar-refractivity contribution >= 4 is 44.6 Å². The van der Waals surface area contributed by atoms with Gasteiger partial charge in [-0.1, -0.05) is 29.8 Å². The molecule has 0 aliphatic rings. The first-order chi connectivity index (χ1) is 11.7. The normalized spacial score (nSPS) is 10.8. The molecule has 0 saturated carbocycles. The van der Waals surface area contributed by atoms with Gasteiger partial charge < -0.3 is 14.8 Å². The molecule has 0 unspecified atom stereocenters. The molecule has 2 aromatic carbocycles. The lowest BCUT2D eigenvalue weighted by molar-refractivity contribution is 0.103. The summed E-state index contributed by atoms with van der Waals surface area (Å²) in [6.45, 7) is 1.02. The molecule has 0 atom stereocenters. The van der Waals surface area contributed by atoms with Crippen molar-refractivity contribution in [3.8, 4) is 5.75 Å². The molecule has 0 bridgehead atoms. The van der Waals surface area contributed by atoms with Crippen LogP contribution in [0.1, 0.15) is 9.67 Å². The zero-order chi connectivity index (χ0) is 16.9. The maximum atomic E-state index is 12.5. The first kappa shape index (κ1) is 16.8. The van der Waals surface area contributed by atoms with E-state index in [1.54, 1.807) is 31.4 Å². The number of rotatable bonds is 6. The van der Waals surface area contributed by atoms with Crippen molar-refractivity contribution in [1.82, 2.24) is 0 Å². The van der Waals surface area contributed by atoms with Crippen LogP contribution in [0.5, 0.6) is 5.75 Å². The topological polar surface area (TPSA) is 47.6 Å². The highest BCUT2D eigenvalue weighted by Crippen LogP contribution is 2.35. The molecule has 0 aliphatic heterocycles. The summed E-state index contributed by atoms with van der Waals surface area (Å²) in [6, 6.07) is 14.9. The minimum absolute atomic E-state index is 0.214. The Labute approximate surface area is 149 Å². The van der Waals surface area contributed by atoms with Gasteiger partial charge in [-0.05, 0) is 30.3 Å². The van der Waals surface area contributed by atoms with Crippen LogP contribution in [0.2, 0.25) is 5.02 Å². The fourth-order valence-electron chi connectivity index (χ4n) is 2.23. The average molecular weight is 362 g/mol. The van der Waals surface area contributed by atoms with Crippen molar-refractivity contribution in [2.75, 3.05) is 25.6 Å². The van der Waals surface area contributed by atoms with E-state index in [9.17, 15) is 4.79 Å². The Morgan fingerprint density at radius 1 is 1.12 bits per heavy atom. The number of hydrogen-bond donors (Lipinski definition) is 1. The summed E-state index contributed by atoms with van der Waals surface area (Å²) in [5.41, 5.74) is 0.688. The van der Waals surface area contributed by atoms with E-state index < -0.39 is 0 Å². The molecule has 0 radical (unpaired) electrons. The van der Waals surface area contributed by atoms with Gasteiger partial charge >= 0.3 is 0 Å². The van der Waals surface area contributed by atoms with E-state index in [0.29, 0.717) is 28.8 Å². The Kier molecular flexibility index (Phi) is 5.35. The van der Waals surface area contributed by atoms with Gasteiger partial charge in [0.2, 0.25) is 0 Å². The molecule has 1 aromatic heterocycles. The molecule has 3 rings (SSSR count). The second-order valence-corrected chi connectivity index (χ2v) is 6.49. The number of amides is 1. The lowest BCUT2D eigenvalue weighted by Gasteiger charge is -2.07. The predicted octanol–water partition coefficient (Wildman–Crippen LogP) is 4.83. The van der Waals surface area contributed by atoms with Crippen LogP contribution < -0.4 is 10.1 Å². The van der Waals surface area contributed by atoms with E-state index in [2.05, 4.69) is 5.32 Å². The number of nitrogens with one attached hydrogen (secondary N) is 1. The van der Waals surface area contributed by atoms with E-state index in [4.69, 9.17) is 21.1 Å².